The molecule has 1 aromatic heterocycles. The largest absolute Gasteiger partial charge is 0.398 e. The van der Waals surface area contributed by atoms with E-state index < -0.39 is 23.5 Å². The molecule has 4 fully saturated rings. The van der Waals surface area contributed by atoms with E-state index in [-0.39, 0.29) is 40.0 Å². The molecule has 0 spiro atoms. The molecule has 4 aromatic rings. The van der Waals surface area contributed by atoms with Gasteiger partial charge in [-0.25, -0.2) is 27.5 Å². The number of nitrogens with zero attached hydrogens (tertiary/aromatic N) is 5. The van der Waals surface area contributed by atoms with Gasteiger partial charge in [-0.05, 0) is 81.5 Å². The third-order valence-electron chi connectivity index (χ3n) is 11.9. The van der Waals surface area contributed by atoms with Crippen LogP contribution in [0, 0.1) is 36.8 Å². The average molecular weight is 698 g/mol. The van der Waals surface area contributed by atoms with Gasteiger partial charge in [0.2, 0.25) is 5.92 Å². The number of aliphatic imine (C=N–C) groups is 1. The van der Waals surface area contributed by atoms with Gasteiger partial charge in [-0.3, -0.25) is 9.89 Å². The molecule has 3 N–H and O–H groups in total. The second-order valence-electron chi connectivity index (χ2n) is 15.2. The lowest BCUT2D eigenvalue weighted by Crippen LogP contribution is -2.51. The van der Waals surface area contributed by atoms with E-state index in [1.807, 2.05) is 13.0 Å². The quantitative estimate of drug-likeness (QED) is 0.0935. The molecule has 266 valence electrons. The predicted octanol–water partition coefficient (Wildman–Crippen LogP) is 7.03. The predicted molar refractivity (Wildman–Crippen MR) is 196 cm³/mol. The number of benzene rings is 3. The number of fused-ring (bicyclic) bond motifs is 5. The molecule has 7 nitrogen and oxygen atoms in total. The number of nitrogens with two attached hydrogens (primary N) is 1. The molecule has 4 atom stereocenters. The summed E-state index contributed by atoms with van der Waals surface area (Å²) in [7, 11) is 1.63. The van der Waals surface area contributed by atoms with Crippen molar-refractivity contribution < 1.29 is 17.6 Å². The van der Waals surface area contributed by atoms with Crippen molar-refractivity contribution in [2.75, 3.05) is 43.9 Å². The van der Waals surface area contributed by atoms with Crippen LogP contribution in [0.25, 0.3) is 32.8 Å². The van der Waals surface area contributed by atoms with Gasteiger partial charge in [-0.1, -0.05) is 24.1 Å². The van der Waals surface area contributed by atoms with E-state index in [2.05, 4.69) is 26.0 Å². The van der Waals surface area contributed by atoms with Crippen LogP contribution in [0.3, 0.4) is 0 Å². The zero-order valence-electron chi connectivity index (χ0n) is 29.3. The summed E-state index contributed by atoms with van der Waals surface area (Å²) in [6.07, 6.45) is 12.7. The van der Waals surface area contributed by atoms with Gasteiger partial charge >= 0.3 is 0 Å². The Labute approximate surface area is 295 Å². The molecule has 0 amide bonds. The van der Waals surface area contributed by atoms with E-state index in [0.29, 0.717) is 77.8 Å². The second kappa shape index (κ2) is 12.4. The highest BCUT2D eigenvalue weighted by Gasteiger charge is 2.53. The zero-order chi connectivity index (χ0) is 35.8. The van der Waals surface area contributed by atoms with Crippen LogP contribution >= 0.6 is 0 Å². The molecule has 4 aliphatic heterocycles. The maximum Gasteiger partial charge on any atom is 0.249 e. The molecular formula is C40H43F4N7. The van der Waals surface area contributed by atoms with Crippen LogP contribution in [-0.2, 0) is 6.42 Å². The van der Waals surface area contributed by atoms with Crippen LogP contribution in [0.1, 0.15) is 68.0 Å². The Morgan fingerprint density at radius 1 is 1.14 bits per heavy atom. The van der Waals surface area contributed by atoms with Crippen molar-refractivity contribution in [3.05, 3.63) is 58.4 Å². The van der Waals surface area contributed by atoms with Gasteiger partial charge in [0.05, 0.1) is 16.6 Å². The molecule has 51 heavy (non-hydrogen) atoms. The minimum absolute atomic E-state index is 0.0281. The van der Waals surface area contributed by atoms with E-state index in [1.54, 1.807) is 25.4 Å². The van der Waals surface area contributed by atoms with Crippen LogP contribution in [0.5, 0.6) is 0 Å². The Bertz CT molecular complexity index is 2120. The molecule has 4 aliphatic rings. The fourth-order valence-corrected chi connectivity index (χ4v) is 9.54. The van der Waals surface area contributed by atoms with Crippen molar-refractivity contribution in [3.63, 3.8) is 0 Å². The maximum absolute atomic E-state index is 17.6. The summed E-state index contributed by atoms with van der Waals surface area (Å²) < 4.78 is 61.9. The minimum Gasteiger partial charge on any atom is -0.398 e. The number of anilines is 2. The van der Waals surface area contributed by atoms with Crippen LogP contribution in [-0.4, -0.2) is 77.9 Å². The van der Waals surface area contributed by atoms with Gasteiger partial charge in [-0.2, -0.15) is 0 Å². The van der Waals surface area contributed by atoms with Crippen LogP contribution < -0.4 is 16.0 Å². The number of alkyl halides is 2. The lowest BCUT2D eigenvalue weighted by atomic mass is 9.84. The second-order valence-corrected chi connectivity index (χ2v) is 15.2. The monoisotopic (exact) mass is 697 g/mol. The number of hydrogen-bond acceptors (Lipinski definition) is 7. The normalized spacial score (nSPS) is 25.1. The number of hydrogen-bond donors (Lipinski definition) is 2. The lowest BCUT2D eigenvalue weighted by molar-refractivity contribution is -0.0363. The van der Waals surface area contributed by atoms with E-state index in [0.717, 1.165) is 44.7 Å². The molecule has 4 unspecified atom stereocenters. The highest BCUT2D eigenvalue weighted by Crippen LogP contribution is 2.49. The zero-order valence-corrected chi connectivity index (χ0v) is 29.3. The number of nitrogen functional groups attached to an aromatic ring is 1. The summed E-state index contributed by atoms with van der Waals surface area (Å²) >= 11 is 0. The first kappa shape index (κ1) is 33.9. The van der Waals surface area contributed by atoms with E-state index in [1.165, 1.54) is 6.07 Å². The molecule has 2 bridgehead atoms. The van der Waals surface area contributed by atoms with Crippen LogP contribution in [0.15, 0.2) is 29.3 Å². The number of aromatic nitrogens is 2. The van der Waals surface area contributed by atoms with Crippen molar-refractivity contribution in [2.45, 2.75) is 82.3 Å². The fourth-order valence-electron chi connectivity index (χ4n) is 9.54. The number of piperazine rings is 1. The molecule has 5 heterocycles. The van der Waals surface area contributed by atoms with Crippen molar-refractivity contribution in [1.29, 1.82) is 0 Å². The summed E-state index contributed by atoms with van der Waals surface area (Å²) in [5, 5.41) is 5.19. The number of aryl methyl sites for hydroxylation is 2. The average Bonchev–Trinajstić information content (AvgIpc) is 3.77. The maximum atomic E-state index is 17.6. The van der Waals surface area contributed by atoms with Gasteiger partial charge in [0.25, 0.3) is 0 Å². The Kier molecular flexibility index (Phi) is 8.26. The molecular weight excluding hydrogens is 654 g/mol. The molecule has 8 rings (SSSR count). The summed E-state index contributed by atoms with van der Waals surface area (Å²) in [6, 6.07) is 7.16. The number of rotatable bonds is 7. The first-order valence-corrected chi connectivity index (χ1v) is 18.0. The molecule has 4 saturated heterocycles. The number of nitrogens with one attached hydrogen (secondary N) is 1. The smallest absolute Gasteiger partial charge is 0.249 e. The summed E-state index contributed by atoms with van der Waals surface area (Å²) in [5.74, 6) is -1.17. The molecule has 0 saturated carbocycles. The summed E-state index contributed by atoms with van der Waals surface area (Å²) in [4.78, 5) is 18.9. The van der Waals surface area contributed by atoms with Crippen LogP contribution in [0.4, 0.5) is 29.1 Å². The third-order valence-corrected chi connectivity index (χ3v) is 11.9. The topological polar surface area (TPSA) is 82.7 Å². The van der Waals surface area contributed by atoms with Gasteiger partial charge in [-0.15, -0.1) is 6.42 Å². The fraction of sp³-hybridized carbons (Fsp3) is 0.475. The number of terminal acetylenes is 1. The minimum atomic E-state index is -2.76. The SMILES string of the molecule is C#Cc1c(F)ccc2cc(C)cc(-c3c(N)c(C=NC)c4c(N5CC6CCC(C5)N6)nc(CCC56CCCN5CC(C(C)(F)F)C6)nc4c3F)c12. The van der Waals surface area contributed by atoms with E-state index in [4.69, 9.17) is 22.1 Å². The lowest BCUT2D eigenvalue weighted by Gasteiger charge is -2.35. The summed E-state index contributed by atoms with van der Waals surface area (Å²) in [6.45, 7) is 5.45. The number of halogens is 4. The highest BCUT2D eigenvalue weighted by atomic mass is 19.3. The molecule has 0 radical (unpaired) electrons. The third kappa shape index (κ3) is 5.62. The summed E-state index contributed by atoms with van der Waals surface area (Å²) in [5.41, 5.74) is 8.61. The standard InChI is InChI=1S/C40H43F4N7/c1-5-27-30(41)10-7-23-15-22(2)16-28(32(23)27)33-35(42)37-34(29(18-46-4)36(33)45)38(50-20-25-8-9-26(21-50)47-25)49-31(48-37)11-13-40-12-6-14-51(40)19-24(17-40)39(3,43)44/h1,7,10,15-16,18,24-26,47H,6,8-9,11-14,17,19-21,45H2,2-4H3. The Hall–Kier alpha value is -4.27. The Balaban J connectivity index is 1.34. The molecule has 0 aliphatic carbocycles. The van der Waals surface area contributed by atoms with Gasteiger partial charge in [0.15, 0.2) is 5.82 Å². The first-order chi connectivity index (χ1) is 24.4. The van der Waals surface area contributed by atoms with Crippen molar-refractivity contribution >= 4 is 39.4 Å². The molecule has 3 aromatic carbocycles. The van der Waals surface area contributed by atoms with Gasteiger partial charge in [0, 0.05) is 79.4 Å². The Morgan fingerprint density at radius 3 is 2.61 bits per heavy atom. The van der Waals surface area contributed by atoms with Crippen LogP contribution in [0.2, 0.25) is 0 Å². The van der Waals surface area contributed by atoms with Crippen molar-refractivity contribution in [2.24, 2.45) is 10.9 Å². The molecule has 11 heteroatoms. The van der Waals surface area contributed by atoms with Crippen molar-refractivity contribution in [1.82, 2.24) is 20.2 Å². The van der Waals surface area contributed by atoms with E-state index >= 15 is 8.78 Å². The first-order valence-electron chi connectivity index (χ1n) is 18.0. The highest BCUT2D eigenvalue weighted by molar-refractivity contribution is 6.15. The van der Waals surface area contributed by atoms with Gasteiger partial charge in [0.1, 0.15) is 23.0 Å². The van der Waals surface area contributed by atoms with Gasteiger partial charge < -0.3 is 16.0 Å². The van der Waals surface area contributed by atoms with E-state index in [9.17, 15) is 8.78 Å². The van der Waals surface area contributed by atoms with Crippen molar-refractivity contribution in [3.8, 4) is 23.5 Å². The Morgan fingerprint density at radius 2 is 1.90 bits per heavy atom.